The summed E-state index contributed by atoms with van der Waals surface area (Å²) in [5.41, 5.74) is 0.959. The fraction of sp³-hybridized carbons (Fsp3) is 0.125. The number of rotatable bonds is 4. The number of aliphatic carboxylic acids is 1. The van der Waals surface area contributed by atoms with Gasteiger partial charge in [0.25, 0.3) is 11.8 Å². The van der Waals surface area contributed by atoms with Gasteiger partial charge in [-0.05, 0) is 38.1 Å². The Morgan fingerprint density at radius 1 is 1.00 bits per heavy atom. The molecule has 2 aromatic rings. The molecule has 0 spiro atoms. The average molecular weight is 329 g/mol. The first-order valence-electron chi connectivity index (χ1n) is 6.83. The van der Waals surface area contributed by atoms with Gasteiger partial charge in [0.1, 0.15) is 11.7 Å². The van der Waals surface area contributed by atoms with Crippen molar-refractivity contribution >= 4 is 34.9 Å². The van der Waals surface area contributed by atoms with Gasteiger partial charge >= 0.3 is 0 Å². The van der Waals surface area contributed by atoms with Crippen LogP contribution in [0.15, 0.2) is 34.7 Å². The van der Waals surface area contributed by atoms with Gasteiger partial charge in [-0.15, -0.1) is 0 Å². The Labute approximate surface area is 136 Å². The van der Waals surface area contributed by atoms with Crippen LogP contribution in [0.1, 0.15) is 33.6 Å². The maximum absolute atomic E-state index is 12.1. The number of carbonyl (C=O) groups excluding carboxylic acids is 4. The third kappa shape index (κ3) is 3.86. The topological polar surface area (TPSA) is 129 Å². The lowest BCUT2D eigenvalue weighted by molar-refractivity contribution is -0.299. The summed E-state index contributed by atoms with van der Waals surface area (Å²) in [6.45, 7) is 2.96. The number of benzene rings is 1. The van der Waals surface area contributed by atoms with Gasteiger partial charge in [0.2, 0.25) is 0 Å². The van der Waals surface area contributed by atoms with Crippen molar-refractivity contribution in [1.82, 2.24) is 0 Å². The lowest BCUT2D eigenvalue weighted by Gasteiger charge is -2.07. The van der Waals surface area contributed by atoms with E-state index < -0.39 is 17.8 Å². The summed E-state index contributed by atoms with van der Waals surface area (Å²) < 4.78 is 5.25. The summed E-state index contributed by atoms with van der Waals surface area (Å²) in [6, 6.07) is 7.10. The molecule has 8 heteroatoms. The third-order valence-corrected chi connectivity index (χ3v) is 3.11. The van der Waals surface area contributed by atoms with E-state index in [1.165, 1.54) is 37.3 Å². The molecule has 0 unspecified atom stereocenters. The molecule has 0 saturated carbocycles. The Balaban J connectivity index is 2.07. The van der Waals surface area contributed by atoms with Crippen LogP contribution in [0.3, 0.4) is 0 Å². The first-order chi connectivity index (χ1) is 11.3. The van der Waals surface area contributed by atoms with Crippen LogP contribution in [0.4, 0.5) is 11.4 Å². The molecule has 0 radical (unpaired) electrons. The molecule has 0 bridgehead atoms. The van der Waals surface area contributed by atoms with Crippen molar-refractivity contribution in [3.63, 3.8) is 0 Å². The SMILES string of the molecule is CC(=O)c1cc(C(=O)Nc2ccc(NC(=O)C(=O)[O-])cc2)oc1C. The number of nitrogens with one attached hydrogen (secondary N) is 2. The summed E-state index contributed by atoms with van der Waals surface area (Å²) in [5.74, 6) is -3.52. The van der Waals surface area contributed by atoms with E-state index in [1.54, 1.807) is 6.92 Å². The molecule has 2 amide bonds. The molecule has 0 aliphatic heterocycles. The Morgan fingerprint density at radius 2 is 1.54 bits per heavy atom. The molecule has 24 heavy (non-hydrogen) atoms. The summed E-state index contributed by atoms with van der Waals surface area (Å²) >= 11 is 0. The van der Waals surface area contributed by atoms with Gasteiger partial charge in [-0.25, -0.2) is 0 Å². The summed E-state index contributed by atoms with van der Waals surface area (Å²) in [6.07, 6.45) is 0. The summed E-state index contributed by atoms with van der Waals surface area (Å²) in [7, 11) is 0. The maximum atomic E-state index is 12.1. The Kier molecular flexibility index (Phi) is 4.78. The van der Waals surface area contributed by atoms with Crippen molar-refractivity contribution in [1.29, 1.82) is 0 Å². The number of furan rings is 1. The highest BCUT2D eigenvalue weighted by Crippen LogP contribution is 2.18. The van der Waals surface area contributed by atoms with Gasteiger partial charge in [-0.1, -0.05) is 0 Å². The maximum Gasteiger partial charge on any atom is 0.291 e. The molecule has 0 atom stereocenters. The van der Waals surface area contributed by atoms with Crippen LogP contribution in [-0.2, 0) is 9.59 Å². The minimum absolute atomic E-state index is 0.00738. The molecule has 0 saturated heterocycles. The van der Waals surface area contributed by atoms with E-state index >= 15 is 0 Å². The highest BCUT2D eigenvalue weighted by molar-refractivity contribution is 6.35. The largest absolute Gasteiger partial charge is 0.540 e. The van der Waals surface area contributed by atoms with Gasteiger partial charge in [0.05, 0.1) is 5.56 Å². The molecule has 0 fully saturated rings. The number of carbonyl (C=O) groups is 4. The highest BCUT2D eigenvalue weighted by atomic mass is 16.4. The second kappa shape index (κ2) is 6.78. The Morgan fingerprint density at radius 3 is 2.00 bits per heavy atom. The van der Waals surface area contributed by atoms with Crippen molar-refractivity contribution < 1.29 is 28.7 Å². The number of anilines is 2. The predicted molar refractivity (Wildman–Crippen MR) is 81.5 cm³/mol. The van der Waals surface area contributed by atoms with E-state index in [1.807, 2.05) is 0 Å². The van der Waals surface area contributed by atoms with Gasteiger partial charge in [0.15, 0.2) is 11.5 Å². The molecular formula is C16H13N2O6-. The van der Waals surface area contributed by atoms with E-state index in [0.29, 0.717) is 17.0 Å². The molecule has 0 aliphatic carbocycles. The lowest BCUT2D eigenvalue weighted by atomic mass is 10.2. The number of hydrogen-bond acceptors (Lipinski definition) is 6. The van der Waals surface area contributed by atoms with Crippen molar-refractivity contribution in [2.75, 3.05) is 10.6 Å². The molecule has 1 heterocycles. The minimum atomic E-state index is -1.85. The molecule has 1 aromatic carbocycles. The molecule has 2 rings (SSSR count). The van der Waals surface area contributed by atoms with Crippen molar-refractivity contribution in [3.8, 4) is 0 Å². The fourth-order valence-electron chi connectivity index (χ4n) is 1.96. The Hall–Kier alpha value is -3.42. The first-order valence-corrected chi connectivity index (χ1v) is 6.83. The predicted octanol–water partition coefficient (Wildman–Crippen LogP) is 0.731. The molecule has 1 aromatic heterocycles. The second-order valence-corrected chi connectivity index (χ2v) is 4.91. The lowest BCUT2D eigenvalue weighted by Crippen LogP contribution is -2.36. The van der Waals surface area contributed by atoms with Crippen LogP contribution in [0.25, 0.3) is 0 Å². The smallest absolute Gasteiger partial charge is 0.291 e. The fourth-order valence-corrected chi connectivity index (χ4v) is 1.96. The van der Waals surface area contributed by atoms with Crippen molar-refractivity contribution in [2.24, 2.45) is 0 Å². The monoisotopic (exact) mass is 329 g/mol. The number of carboxylic acids is 1. The quantitative estimate of drug-likeness (QED) is 0.628. The number of hydrogen-bond donors (Lipinski definition) is 2. The van der Waals surface area contributed by atoms with Crippen LogP contribution >= 0.6 is 0 Å². The number of aryl methyl sites for hydroxylation is 1. The van der Waals surface area contributed by atoms with E-state index in [0.717, 1.165) is 0 Å². The molecule has 8 nitrogen and oxygen atoms in total. The van der Waals surface area contributed by atoms with E-state index in [-0.39, 0.29) is 17.2 Å². The average Bonchev–Trinajstić information content (AvgIpc) is 2.91. The van der Waals surface area contributed by atoms with Gasteiger partial charge < -0.3 is 25.0 Å². The highest BCUT2D eigenvalue weighted by Gasteiger charge is 2.17. The van der Waals surface area contributed by atoms with Gasteiger partial charge in [0, 0.05) is 17.4 Å². The van der Waals surface area contributed by atoms with Crippen molar-refractivity contribution in [3.05, 3.63) is 47.4 Å². The zero-order valence-corrected chi connectivity index (χ0v) is 12.8. The van der Waals surface area contributed by atoms with E-state index in [9.17, 15) is 24.3 Å². The van der Waals surface area contributed by atoms with Crippen LogP contribution in [0.2, 0.25) is 0 Å². The number of carboxylic acid groups (broad SMARTS) is 1. The molecule has 2 N–H and O–H groups in total. The van der Waals surface area contributed by atoms with Crippen LogP contribution < -0.4 is 15.7 Å². The summed E-state index contributed by atoms with van der Waals surface area (Å²) in [5, 5.41) is 15.0. The van der Waals surface area contributed by atoms with Crippen LogP contribution in [0, 0.1) is 6.92 Å². The first kappa shape index (κ1) is 16.9. The van der Waals surface area contributed by atoms with E-state index in [2.05, 4.69) is 10.6 Å². The number of ketones is 1. The van der Waals surface area contributed by atoms with Gasteiger partial charge in [-0.3, -0.25) is 14.4 Å². The normalized spacial score (nSPS) is 10.1. The van der Waals surface area contributed by atoms with Crippen molar-refractivity contribution in [2.45, 2.75) is 13.8 Å². The Bertz CT molecular complexity index is 820. The summed E-state index contributed by atoms with van der Waals surface area (Å²) in [4.78, 5) is 44.7. The zero-order valence-electron chi connectivity index (χ0n) is 12.8. The van der Waals surface area contributed by atoms with Crippen LogP contribution in [0.5, 0.6) is 0 Å². The van der Waals surface area contributed by atoms with Gasteiger partial charge in [-0.2, -0.15) is 0 Å². The number of Topliss-reactive ketones (excluding diaryl/α,β-unsaturated/α-hetero) is 1. The molecular weight excluding hydrogens is 316 g/mol. The molecule has 124 valence electrons. The zero-order chi connectivity index (χ0) is 17.9. The number of amides is 2. The van der Waals surface area contributed by atoms with E-state index in [4.69, 9.17) is 4.42 Å². The van der Waals surface area contributed by atoms with Crippen LogP contribution in [-0.4, -0.2) is 23.6 Å². The second-order valence-electron chi connectivity index (χ2n) is 4.91. The molecule has 0 aliphatic rings. The third-order valence-electron chi connectivity index (χ3n) is 3.11. The standard InChI is InChI=1S/C16H14N2O6/c1-8(19)12-7-13(24-9(12)2)14(20)17-10-3-5-11(6-4-10)18-15(21)16(22)23/h3-7H,1-2H3,(H,17,20)(H,18,21)(H,22,23)/p-1. The minimum Gasteiger partial charge on any atom is -0.540 e.